The summed E-state index contributed by atoms with van der Waals surface area (Å²) in [4.78, 5) is 41.4. The molecule has 0 unspecified atom stereocenters. The molecule has 258 valence electrons. The molecule has 2 fully saturated rings. The number of rotatable bonds is 13. The fourth-order valence-electron chi connectivity index (χ4n) is 6.82. The van der Waals surface area contributed by atoms with Crippen molar-refractivity contribution in [3.05, 3.63) is 64.4 Å². The van der Waals surface area contributed by atoms with Gasteiger partial charge in [-0.05, 0) is 80.8 Å². The molecule has 1 aliphatic carbocycles. The van der Waals surface area contributed by atoms with Gasteiger partial charge in [0.1, 0.15) is 24.0 Å². The van der Waals surface area contributed by atoms with Crippen LogP contribution in [0.25, 0.3) is 0 Å². The maximum atomic E-state index is 13.5. The molecule has 2 aromatic heterocycles. The molecule has 4 heterocycles. The van der Waals surface area contributed by atoms with Gasteiger partial charge in [-0.3, -0.25) is 14.5 Å². The lowest BCUT2D eigenvalue weighted by atomic mass is 9.93. The van der Waals surface area contributed by atoms with Crippen LogP contribution in [0.3, 0.4) is 0 Å². The topological polar surface area (TPSA) is 124 Å². The zero-order valence-electron chi connectivity index (χ0n) is 28.8. The number of oxazole rings is 1. The van der Waals surface area contributed by atoms with Gasteiger partial charge in [0, 0.05) is 69.8 Å². The van der Waals surface area contributed by atoms with Crippen LogP contribution in [0, 0.1) is 19.8 Å². The number of hydrogen-bond donors (Lipinski definition) is 2. The predicted octanol–water partition coefficient (Wildman–Crippen LogP) is 4.92. The largest absolute Gasteiger partial charge is 0.485 e. The minimum atomic E-state index is -0.607. The molecule has 0 spiro atoms. The van der Waals surface area contributed by atoms with Crippen LogP contribution in [0.1, 0.15) is 84.5 Å². The molecule has 0 radical (unpaired) electrons. The van der Waals surface area contributed by atoms with Crippen molar-refractivity contribution < 1.29 is 23.8 Å². The van der Waals surface area contributed by atoms with Gasteiger partial charge >= 0.3 is 0 Å². The number of aliphatic hydroxyl groups excluding tert-OH is 1. The number of carbonyl (C=O) groups excluding carboxylic acids is 2. The average Bonchev–Trinajstić information content (AvgIpc) is 3.48. The van der Waals surface area contributed by atoms with E-state index in [4.69, 9.17) is 14.1 Å². The standard InChI is InChI=1S/C37H50N6O5/c1-24(2)37(46)43-16-14-42(15-17-43)36-19-28(18-35(40-36)39-29-6-5-7-29)32(45)10-9-30(44)21-41-13-12-31-25(3)33(11-8-27(31)20-41)47-22-34-26(4)38-23-48-34/h8,11,18-19,23-24,29-30,44H,5-7,9-10,12-17,20-22H2,1-4H3,(H,39,40)/t30-/m0/s1. The van der Waals surface area contributed by atoms with E-state index in [0.29, 0.717) is 57.4 Å². The quantitative estimate of drug-likeness (QED) is 0.245. The molecular weight excluding hydrogens is 608 g/mol. The fourth-order valence-corrected chi connectivity index (χ4v) is 6.82. The Morgan fingerprint density at radius 2 is 1.90 bits per heavy atom. The molecule has 2 N–H and O–H groups in total. The number of pyridine rings is 1. The van der Waals surface area contributed by atoms with Crippen molar-refractivity contribution in [2.45, 2.75) is 91.5 Å². The number of anilines is 2. The van der Waals surface area contributed by atoms with E-state index in [9.17, 15) is 14.7 Å². The van der Waals surface area contributed by atoms with Crippen molar-refractivity contribution >= 4 is 23.3 Å². The average molecular weight is 659 g/mol. The number of carbonyl (C=O) groups is 2. The number of ketones is 1. The Morgan fingerprint density at radius 1 is 1.10 bits per heavy atom. The number of aryl methyl sites for hydroxylation is 1. The van der Waals surface area contributed by atoms with E-state index in [1.807, 2.05) is 43.9 Å². The molecule has 1 amide bonds. The van der Waals surface area contributed by atoms with Gasteiger partial charge in [0.15, 0.2) is 17.9 Å². The fraction of sp³-hybridized carbons (Fsp3) is 0.568. The van der Waals surface area contributed by atoms with Gasteiger partial charge in [-0.1, -0.05) is 19.9 Å². The number of nitrogens with one attached hydrogen (secondary N) is 1. The first-order chi connectivity index (χ1) is 23.1. The second kappa shape index (κ2) is 15.1. The smallest absolute Gasteiger partial charge is 0.225 e. The predicted molar refractivity (Wildman–Crippen MR) is 184 cm³/mol. The van der Waals surface area contributed by atoms with Crippen LogP contribution < -0.4 is 15.0 Å². The highest BCUT2D eigenvalue weighted by Gasteiger charge is 2.26. The molecule has 0 bridgehead atoms. The zero-order valence-corrected chi connectivity index (χ0v) is 28.8. The third-order valence-corrected chi connectivity index (χ3v) is 10.1. The number of Topliss-reactive ketones (excluding diaryl/α,β-unsaturated/α-hetero) is 1. The number of fused-ring (bicyclic) bond motifs is 1. The Kier molecular flexibility index (Phi) is 10.7. The highest BCUT2D eigenvalue weighted by molar-refractivity contribution is 5.97. The summed E-state index contributed by atoms with van der Waals surface area (Å²) < 4.78 is 11.5. The van der Waals surface area contributed by atoms with Gasteiger partial charge in [-0.2, -0.15) is 0 Å². The maximum Gasteiger partial charge on any atom is 0.225 e. The minimum Gasteiger partial charge on any atom is -0.485 e. The molecule has 6 rings (SSSR count). The molecule has 3 aromatic rings. The summed E-state index contributed by atoms with van der Waals surface area (Å²) >= 11 is 0. The van der Waals surface area contributed by atoms with Crippen molar-refractivity contribution in [1.29, 1.82) is 0 Å². The Morgan fingerprint density at radius 3 is 2.58 bits per heavy atom. The Labute approximate surface area is 283 Å². The molecule has 3 aliphatic rings. The summed E-state index contributed by atoms with van der Waals surface area (Å²) in [7, 11) is 0. The molecule has 1 saturated heterocycles. The van der Waals surface area contributed by atoms with Crippen LogP contribution in [0.15, 0.2) is 35.1 Å². The summed E-state index contributed by atoms with van der Waals surface area (Å²) in [5.74, 6) is 3.25. The molecule has 1 saturated carbocycles. The Bertz CT molecular complexity index is 1590. The number of ether oxygens (including phenoxy) is 1. The second-order valence-electron chi connectivity index (χ2n) is 13.9. The van der Waals surface area contributed by atoms with E-state index >= 15 is 0 Å². The number of piperazine rings is 1. The number of amides is 1. The van der Waals surface area contributed by atoms with Gasteiger partial charge in [0.05, 0.1) is 11.8 Å². The van der Waals surface area contributed by atoms with E-state index in [2.05, 4.69) is 33.1 Å². The van der Waals surface area contributed by atoms with Crippen molar-refractivity contribution in [1.82, 2.24) is 19.8 Å². The summed E-state index contributed by atoms with van der Waals surface area (Å²) in [6.07, 6.45) is 5.79. The summed E-state index contributed by atoms with van der Waals surface area (Å²) in [5, 5.41) is 14.5. The van der Waals surface area contributed by atoms with Crippen LogP contribution in [-0.4, -0.2) is 88.0 Å². The van der Waals surface area contributed by atoms with E-state index in [-0.39, 0.29) is 24.0 Å². The first kappa shape index (κ1) is 33.9. The van der Waals surface area contributed by atoms with Crippen molar-refractivity contribution in [3.8, 4) is 5.75 Å². The highest BCUT2D eigenvalue weighted by atomic mass is 16.5. The van der Waals surface area contributed by atoms with Crippen LogP contribution in [0.2, 0.25) is 0 Å². The van der Waals surface area contributed by atoms with Gasteiger partial charge in [0.25, 0.3) is 0 Å². The van der Waals surface area contributed by atoms with Gasteiger partial charge in [-0.25, -0.2) is 9.97 Å². The van der Waals surface area contributed by atoms with E-state index < -0.39 is 6.10 Å². The second-order valence-corrected chi connectivity index (χ2v) is 13.9. The number of aromatic nitrogens is 2. The van der Waals surface area contributed by atoms with Crippen LogP contribution in [0.5, 0.6) is 5.75 Å². The molecule has 11 heteroatoms. The van der Waals surface area contributed by atoms with E-state index in [1.54, 1.807) is 0 Å². The van der Waals surface area contributed by atoms with Gasteiger partial charge in [0.2, 0.25) is 5.91 Å². The SMILES string of the molecule is Cc1ncoc1COc1ccc2c(c1C)CCN(C[C@@H](O)CCC(=O)c1cc(NC3CCC3)nc(N3CCN(C(=O)C(C)C)CC3)c1)C2. The lowest BCUT2D eigenvalue weighted by Gasteiger charge is -2.36. The third kappa shape index (κ3) is 8.01. The summed E-state index contributed by atoms with van der Waals surface area (Å²) in [6, 6.07) is 8.27. The molecular formula is C37H50N6O5. The maximum absolute atomic E-state index is 13.5. The van der Waals surface area contributed by atoms with Crippen LogP contribution >= 0.6 is 0 Å². The molecule has 11 nitrogen and oxygen atoms in total. The highest BCUT2D eigenvalue weighted by Crippen LogP contribution is 2.31. The molecule has 2 aliphatic heterocycles. The number of aliphatic hydroxyl groups is 1. The van der Waals surface area contributed by atoms with Crippen LogP contribution in [-0.2, 0) is 24.4 Å². The van der Waals surface area contributed by atoms with Gasteiger partial charge in [-0.15, -0.1) is 0 Å². The van der Waals surface area contributed by atoms with Crippen molar-refractivity contribution in [3.63, 3.8) is 0 Å². The monoisotopic (exact) mass is 658 g/mol. The lowest BCUT2D eigenvalue weighted by Crippen LogP contribution is -2.50. The minimum absolute atomic E-state index is 0.00986. The number of hydrogen-bond acceptors (Lipinski definition) is 10. The van der Waals surface area contributed by atoms with Crippen molar-refractivity contribution in [2.75, 3.05) is 49.5 Å². The van der Waals surface area contributed by atoms with Gasteiger partial charge < -0.3 is 29.4 Å². The van der Waals surface area contributed by atoms with Crippen LogP contribution in [0.4, 0.5) is 11.6 Å². The number of β-amino-alcohol motifs (C(OH)–C–C–N with tert-alkyl or cyclic N) is 1. The Hall–Kier alpha value is -3.96. The van der Waals surface area contributed by atoms with Crippen molar-refractivity contribution in [2.24, 2.45) is 5.92 Å². The summed E-state index contributed by atoms with van der Waals surface area (Å²) in [6.45, 7) is 13.0. The molecule has 1 aromatic carbocycles. The number of nitrogens with zero attached hydrogens (tertiary/aromatic N) is 5. The normalized spacial score (nSPS) is 17.6. The molecule has 48 heavy (non-hydrogen) atoms. The lowest BCUT2D eigenvalue weighted by molar-refractivity contribution is -0.134. The number of benzene rings is 1. The molecule has 1 atom stereocenters. The first-order valence-corrected chi connectivity index (χ1v) is 17.5. The summed E-state index contributed by atoms with van der Waals surface area (Å²) in [5.41, 5.74) is 5.15. The van der Waals surface area contributed by atoms with E-state index in [0.717, 1.165) is 66.8 Å². The zero-order chi connectivity index (χ0) is 33.8. The first-order valence-electron chi connectivity index (χ1n) is 17.5. The van der Waals surface area contributed by atoms with E-state index in [1.165, 1.54) is 23.9 Å². The third-order valence-electron chi connectivity index (χ3n) is 10.1. The Balaban J connectivity index is 1.03.